The molecular formula is C70H136O17P2. The van der Waals surface area contributed by atoms with E-state index < -0.39 is 97.5 Å². The van der Waals surface area contributed by atoms with Crippen molar-refractivity contribution in [2.75, 3.05) is 39.6 Å². The molecule has 0 aromatic rings. The van der Waals surface area contributed by atoms with Crippen LogP contribution in [0.2, 0.25) is 0 Å². The molecule has 0 aliphatic heterocycles. The van der Waals surface area contributed by atoms with Crippen LogP contribution >= 0.6 is 15.6 Å². The minimum absolute atomic E-state index is 0.106. The lowest BCUT2D eigenvalue weighted by Crippen LogP contribution is -2.30. The van der Waals surface area contributed by atoms with Crippen LogP contribution in [0.1, 0.15) is 356 Å². The van der Waals surface area contributed by atoms with Crippen molar-refractivity contribution >= 4 is 39.5 Å². The van der Waals surface area contributed by atoms with E-state index in [1.807, 2.05) is 0 Å². The van der Waals surface area contributed by atoms with Crippen molar-refractivity contribution in [3.8, 4) is 0 Å². The largest absolute Gasteiger partial charge is 0.472 e. The Morgan fingerprint density at radius 2 is 0.573 bits per heavy atom. The van der Waals surface area contributed by atoms with Gasteiger partial charge in [-0.05, 0) is 37.5 Å². The quantitative estimate of drug-likeness (QED) is 0.0222. The average Bonchev–Trinajstić information content (AvgIpc) is 3.72. The molecular weight excluding hydrogens is 1170 g/mol. The number of phosphoric ester groups is 2. The van der Waals surface area contributed by atoms with E-state index in [1.165, 1.54) is 173 Å². The molecule has 0 aliphatic carbocycles. The summed E-state index contributed by atoms with van der Waals surface area (Å²) in [5, 5.41) is 10.6. The van der Waals surface area contributed by atoms with Gasteiger partial charge < -0.3 is 33.8 Å². The summed E-state index contributed by atoms with van der Waals surface area (Å²) in [6.45, 7) is 9.56. The van der Waals surface area contributed by atoms with E-state index in [0.717, 1.165) is 102 Å². The molecule has 528 valence electrons. The SMILES string of the molecule is CCCCCCCCCCCCCCCC(=O)O[C@H](COC(=O)CCCCCCCCCCC)COP(=O)(O)OC[C@H](O)COP(=O)(O)OC[C@@H](COC(=O)CCCCCCCCCCCCC(C)C)OC(=O)CCCCCCCCCCCCC(C)CC. The van der Waals surface area contributed by atoms with Crippen molar-refractivity contribution < 1.29 is 80.2 Å². The van der Waals surface area contributed by atoms with E-state index in [2.05, 4.69) is 41.5 Å². The minimum atomic E-state index is -4.95. The molecule has 0 aromatic carbocycles. The third-order valence-electron chi connectivity index (χ3n) is 16.6. The predicted octanol–water partition coefficient (Wildman–Crippen LogP) is 20.0. The molecule has 0 fully saturated rings. The van der Waals surface area contributed by atoms with E-state index in [-0.39, 0.29) is 25.7 Å². The van der Waals surface area contributed by atoms with Crippen LogP contribution in [0.4, 0.5) is 0 Å². The lowest BCUT2D eigenvalue weighted by Gasteiger charge is -2.21. The Labute approximate surface area is 543 Å². The molecule has 3 unspecified atom stereocenters. The molecule has 17 nitrogen and oxygen atoms in total. The van der Waals surface area contributed by atoms with Gasteiger partial charge in [-0.3, -0.25) is 37.3 Å². The summed E-state index contributed by atoms with van der Waals surface area (Å²) in [4.78, 5) is 72.5. The number of phosphoric acid groups is 2. The Morgan fingerprint density at radius 3 is 0.854 bits per heavy atom. The fourth-order valence-electron chi connectivity index (χ4n) is 10.6. The summed E-state index contributed by atoms with van der Waals surface area (Å²) in [7, 11) is -9.90. The first kappa shape index (κ1) is 87.1. The lowest BCUT2D eigenvalue weighted by molar-refractivity contribution is -0.161. The summed E-state index contributed by atoms with van der Waals surface area (Å²) in [5.41, 5.74) is 0. The van der Waals surface area contributed by atoms with Gasteiger partial charge in [-0.2, -0.15) is 0 Å². The smallest absolute Gasteiger partial charge is 0.462 e. The highest BCUT2D eigenvalue weighted by molar-refractivity contribution is 7.47. The number of esters is 4. The van der Waals surface area contributed by atoms with E-state index in [1.54, 1.807) is 0 Å². The van der Waals surface area contributed by atoms with Crippen molar-refractivity contribution in [3.63, 3.8) is 0 Å². The van der Waals surface area contributed by atoms with Gasteiger partial charge in [-0.15, -0.1) is 0 Å². The van der Waals surface area contributed by atoms with Crippen LogP contribution in [-0.2, 0) is 65.4 Å². The van der Waals surface area contributed by atoms with E-state index in [4.69, 9.17) is 37.0 Å². The highest BCUT2D eigenvalue weighted by Crippen LogP contribution is 2.45. The number of hydrogen-bond donors (Lipinski definition) is 3. The second-order valence-electron chi connectivity index (χ2n) is 26.0. The number of hydrogen-bond acceptors (Lipinski definition) is 15. The first-order valence-corrected chi connectivity index (χ1v) is 39.5. The van der Waals surface area contributed by atoms with Crippen LogP contribution in [0.15, 0.2) is 0 Å². The zero-order valence-electron chi connectivity index (χ0n) is 57.7. The molecule has 0 aliphatic rings. The Morgan fingerprint density at radius 1 is 0.326 bits per heavy atom. The number of unbranched alkanes of at least 4 members (excludes halogenated alkanes) is 38. The minimum Gasteiger partial charge on any atom is -0.462 e. The van der Waals surface area contributed by atoms with Crippen LogP contribution < -0.4 is 0 Å². The van der Waals surface area contributed by atoms with Gasteiger partial charge in [0.2, 0.25) is 0 Å². The molecule has 89 heavy (non-hydrogen) atoms. The zero-order chi connectivity index (χ0) is 65.7. The summed E-state index contributed by atoms with van der Waals surface area (Å²) < 4.78 is 68.3. The number of rotatable bonds is 69. The summed E-state index contributed by atoms with van der Waals surface area (Å²) in [6, 6.07) is 0. The first-order chi connectivity index (χ1) is 42.9. The summed E-state index contributed by atoms with van der Waals surface area (Å²) >= 11 is 0. The monoisotopic (exact) mass is 1310 g/mol. The van der Waals surface area contributed by atoms with E-state index in [0.29, 0.717) is 25.7 Å². The molecule has 0 heterocycles. The van der Waals surface area contributed by atoms with Gasteiger partial charge in [-0.1, -0.05) is 305 Å². The molecule has 0 aromatic heterocycles. The van der Waals surface area contributed by atoms with Gasteiger partial charge in [0.05, 0.1) is 26.4 Å². The Kier molecular flexibility index (Phi) is 60.8. The van der Waals surface area contributed by atoms with Gasteiger partial charge in [0.1, 0.15) is 19.3 Å². The van der Waals surface area contributed by atoms with Crippen LogP contribution in [0, 0.1) is 11.8 Å². The fourth-order valence-corrected chi connectivity index (χ4v) is 12.1. The maximum atomic E-state index is 13.0. The standard InChI is InChI=1S/C70H136O17P2/c1-7-10-12-14-16-18-19-20-21-30-36-42-48-54-69(74)86-65(58-80-67(72)52-46-40-34-26-17-15-13-11-8-2)60-84-88(76,77)82-56-64(71)57-83-89(78,79)85-61-66(59-81-68(73)53-47-41-35-29-24-22-27-32-38-44-50-62(4)5)87-70(75)55-49-43-37-31-25-23-28-33-39-45-51-63(6)9-3/h62-66,71H,7-61H2,1-6H3,(H,76,77)(H,78,79)/t63?,64-,65+,66+/m0/s1. The molecule has 0 radical (unpaired) electrons. The number of carbonyl (C=O) groups excluding carboxylic acids is 4. The number of aliphatic hydroxyl groups is 1. The Bertz CT molecular complexity index is 1740. The van der Waals surface area contributed by atoms with Crippen molar-refractivity contribution in [1.29, 1.82) is 0 Å². The van der Waals surface area contributed by atoms with E-state index >= 15 is 0 Å². The molecule has 0 saturated carbocycles. The Balaban J connectivity index is 5.25. The molecule has 0 bridgehead atoms. The molecule has 0 amide bonds. The molecule has 0 rings (SSSR count). The van der Waals surface area contributed by atoms with Gasteiger partial charge in [0, 0.05) is 25.7 Å². The van der Waals surface area contributed by atoms with Crippen LogP contribution in [0.3, 0.4) is 0 Å². The third-order valence-corrected chi connectivity index (χ3v) is 18.5. The average molecular weight is 1310 g/mol. The second kappa shape index (κ2) is 62.2. The summed E-state index contributed by atoms with van der Waals surface area (Å²) in [6.07, 6.45) is 47.0. The predicted molar refractivity (Wildman–Crippen MR) is 358 cm³/mol. The van der Waals surface area contributed by atoms with Crippen molar-refractivity contribution in [2.45, 2.75) is 374 Å². The number of aliphatic hydroxyl groups excluding tert-OH is 1. The van der Waals surface area contributed by atoms with Crippen LogP contribution in [0.5, 0.6) is 0 Å². The van der Waals surface area contributed by atoms with Gasteiger partial charge in [-0.25, -0.2) is 9.13 Å². The van der Waals surface area contributed by atoms with Crippen molar-refractivity contribution in [3.05, 3.63) is 0 Å². The summed E-state index contributed by atoms with van der Waals surface area (Å²) in [5.74, 6) is -0.562. The van der Waals surface area contributed by atoms with Gasteiger partial charge in [0.15, 0.2) is 12.2 Å². The van der Waals surface area contributed by atoms with E-state index in [9.17, 15) is 43.2 Å². The molecule has 3 N–H and O–H groups in total. The van der Waals surface area contributed by atoms with Gasteiger partial charge in [0.25, 0.3) is 0 Å². The lowest BCUT2D eigenvalue weighted by atomic mass is 9.99. The normalized spacial score (nSPS) is 14.4. The van der Waals surface area contributed by atoms with Crippen molar-refractivity contribution in [1.82, 2.24) is 0 Å². The van der Waals surface area contributed by atoms with Crippen LogP contribution in [-0.4, -0.2) is 96.7 Å². The van der Waals surface area contributed by atoms with Gasteiger partial charge >= 0.3 is 39.5 Å². The molecule has 6 atom stereocenters. The van der Waals surface area contributed by atoms with Crippen LogP contribution in [0.25, 0.3) is 0 Å². The Hall–Kier alpha value is -1.94. The number of ether oxygens (including phenoxy) is 4. The number of carbonyl (C=O) groups is 4. The molecule has 0 saturated heterocycles. The topological polar surface area (TPSA) is 237 Å². The maximum absolute atomic E-state index is 13.0. The fraction of sp³-hybridized carbons (Fsp3) is 0.943. The highest BCUT2D eigenvalue weighted by atomic mass is 31.2. The maximum Gasteiger partial charge on any atom is 0.472 e. The van der Waals surface area contributed by atoms with Crippen molar-refractivity contribution in [2.24, 2.45) is 11.8 Å². The zero-order valence-corrected chi connectivity index (χ0v) is 59.5. The molecule has 0 spiro atoms. The highest BCUT2D eigenvalue weighted by Gasteiger charge is 2.30. The second-order valence-corrected chi connectivity index (χ2v) is 28.9. The molecule has 19 heteroatoms. The third kappa shape index (κ3) is 63.2. The first-order valence-electron chi connectivity index (χ1n) is 36.5.